The second kappa shape index (κ2) is 8.65. The zero-order valence-corrected chi connectivity index (χ0v) is 14.2. The maximum Gasteiger partial charge on any atom is 0.321 e. The predicted molar refractivity (Wildman–Crippen MR) is 91.4 cm³/mol. The van der Waals surface area contributed by atoms with Crippen molar-refractivity contribution in [2.45, 2.75) is 19.4 Å². The van der Waals surface area contributed by atoms with E-state index in [-0.39, 0.29) is 12.3 Å². The van der Waals surface area contributed by atoms with E-state index < -0.39 is 12.0 Å². The van der Waals surface area contributed by atoms with E-state index in [0.29, 0.717) is 25.4 Å². The van der Waals surface area contributed by atoms with Crippen LogP contribution in [0.2, 0.25) is 0 Å². The van der Waals surface area contributed by atoms with Crippen molar-refractivity contribution in [2.24, 2.45) is 0 Å². The summed E-state index contributed by atoms with van der Waals surface area (Å²) in [5.41, 5.74) is 0.631. The molecule has 7 nitrogen and oxygen atoms in total. The van der Waals surface area contributed by atoms with E-state index in [4.69, 9.17) is 4.74 Å². The smallest absolute Gasteiger partial charge is 0.321 e. The van der Waals surface area contributed by atoms with Gasteiger partial charge in [0.1, 0.15) is 11.8 Å². The topological polar surface area (TPSA) is 82.1 Å². The number of amides is 1. The molecule has 24 heavy (non-hydrogen) atoms. The molecule has 1 saturated heterocycles. The summed E-state index contributed by atoms with van der Waals surface area (Å²) < 4.78 is 5.35. The van der Waals surface area contributed by atoms with Crippen LogP contribution in [0.4, 0.5) is 5.69 Å². The Kier molecular flexibility index (Phi) is 6.57. The van der Waals surface area contributed by atoms with Gasteiger partial charge in [0.2, 0.25) is 5.91 Å². The molecule has 0 aliphatic carbocycles. The standard InChI is InChI=1S/C17H25N3O4/c1-3-24-14-6-4-13(5-7-14)18-16(21)12-15(17(22)23)20-10-8-19(2)9-11-20/h4-7,15H,3,8-12H2,1-2H3,(H,18,21)(H,22,23)/t15-/m1/s1. The molecule has 132 valence electrons. The zero-order valence-electron chi connectivity index (χ0n) is 14.2. The third kappa shape index (κ3) is 5.21. The highest BCUT2D eigenvalue weighted by atomic mass is 16.5. The van der Waals surface area contributed by atoms with E-state index >= 15 is 0 Å². The Balaban J connectivity index is 1.91. The van der Waals surface area contributed by atoms with E-state index in [1.807, 2.05) is 18.9 Å². The van der Waals surface area contributed by atoms with Crippen LogP contribution < -0.4 is 10.1 Å². The summed E-state index contributed by atoms with van der Waals surface area (Å²) >= 11 is 0. The molecule has 0 unspecified atom stereocenters. The van der Waals surface area contributed by atoms with Crippen molar-refractivity contribution in [3.63, 3.8) is 0 Å². The molecule has 1 aliphatic heterocycles. The second-order valence-electron chi connectivity index (χ2n) is 5.90. The molecule has 0 aromatic heterocycles. The van der Waals surface area contributed by atoms with Crippen LogP contribution in [-0.4, -0.2) is 72.7 Å². The maximum atomic E-state index is 12.2. The molecular formula is C17H25N3O4. The fraction of sp³-hybridized carbons (Fsp3) is 0.529. The van der Waals surface area contributed by atoms with E-state index in [1.54, 1.807) is 24.3 Å². The molecule has 1 heterocycles. The molecule has 1 aromatic rings. The second-order valence-corrected chi connectivity index (χ2v) is 5.90. The Morgan fingerprint density at radius 3 is 2.38 bits per heavy atom. The van der Waals surface area contributed by atoms with Gasteiger partial charge < -0.3 is 20.1 Å². The van der Waals surface area contributed by atoms with Crippen LogP contribution >= 0.6 is 0 Å². The number of ether oxygens (including phenoxy) is 1. The lowest BCUT2D eigenvalue weighted by Gasteiger charge is -2.35. The predicted octanol–water partition coefficient (Wildman–Crippen LogP) is 1.11. The van der Waals surface area contributed by atoms with E-state index in [1.165, 1.54) is 0 Å². The van der Waals surface area contributed by atoms with Gasteiger partial charge in [-0.2, -0.15) is 0 Å². The number of carbonyl (C=O) groups is 2. The minimum absolute atomic E-state index is 0.0632. The van der Waals surface area contributed by atoms with E-state index in [9.17, 15) is 14.7 Å². The first-order chi connectivity index (χ1) is 11.5. The summed E-state index contributed by atoms with van der Waals surface area (Å²) in [6, 6.07) is 6.24. The van der Waals surface area contributed by atoms with Gasteiger partial charge >= 0.3 is 5.97 Å². The van der Waals surface area contributed by atoms with Gasteiger partial charge in [-0.25, -0.2) is 0 Å². The number of carbonyl (C=O) groups excluding carboxylic acids is 1. The highest BCUT2D eigenvalue weighted by Gasteiger charge is 2.30. The Hall–Kier alpha value is -2.12. The van der Waals surface area contributed by atoms with Gasteiger partial charge in [0.05, 0.1) is 13.0 Å². The molecule has 1 atom stereocenters. The fourth-order valence-electron chi connectivity index (χ4n) is 2.69. The number of carboxylic acid groups (broad SMARTS) is 1. The van der Waals surface area contributed by atoms with Crippen molar-refractivity contribution in [3.8, 4) is 5.75 Å². The number of nitrogens with zero attached hydrogens (tertiary/aromatic N) is 2. The molecule has 1 fully saturated rings. The monoisotopic (exact) mass is 335 g/mol. The van der Waals surface area contributed by atoms with Gasteiger partial charge in [-0.1, -0.05) is 0 Å². The third-order valence-corrected chi connectivity index (χ3v) is 4.09. The minimum Gasteiger partial charge on any atom is -0.494 e. The highest BCUT2D eigenvalue weighted by Crippen LogP contribution is 2.17. The molecule has 0 bridgehead atoms. The molecular weight excluding hydrogens is 310 g/mol. The zero-order chi connectivity index (χ0) is 17.5. The number of likely N-dealkylation sites (N-methyl/N-ethyl adjacent to an activating group) is 1. The molecule has 0 spiro atoms. The van der Waals surface area contributed by atoms with Crippen LogP contribution in [-0.2, 0) is 9.59 Å². The van der Waals surface area contributed by atoms with E-state index in [2.05, 4.69) is 10.2 Å². The highest BCUT2D eigenvalue weighted by molar-refractivity contribution is 5.94. The number of hydrogen-bond donors (Lipinski definition) is 2. The summed E-state index contributed by atoms with van der Waals surface area (Å²) in [4.78, 5) is 27.7. The van der Waals surface area contributed by atoms with Crippen molar-refractivity contribution < 1.29 is 19.4 Å². The maximum absolute atomic E-state index is 12.2. The van der Waals surface area contributed by atoms with Crippen molar-refractivity contribution in [3.05, 3.63) is 24.3 Å². The van der Waals surface area contributed by atoms with Crippen molar-refractivity contribution in [1.29, 1.82) is 0 Å². The van der Waals surface area contributed by atoms with Crippen LogP contribution in [0.5, 0.6) is 5.75 Å². The van der Waals surface area contributed by atoms with Gasteiger partial charge in [-0.3, -0.25) is 14.5 Å². The number of nitrogens with one attached hydrogen (secondary N) is 1. The largest absolute Gasteiger partial charge is 0.494 e. The number of hydrogen-bond acceptors (Lipinski definition) is 5. The number of rotatable bonds is 7. The minimum atomic E-state index is -0.957. The van der Waals surface area contributed by atoms with Crippen LogP contribution in [0.3, 0.4) is 0 Å². The summed E-state index contributed by atoms with van der Waals surface area (Å²) in [6.07, 6.45) is -0.0632. The van der Waals surface area contributed by atoms with Gasteiger partial charge in [0.25, 0.3) is 0 Å². The first kappa shape index (κ1) is 18.2. The van der Waals surface area contributed by atoms with Gasteiger partial charge in [0.15, 0.2) is 0 Å². The lowest BCUT2D eigenvalue weighted by molar-refractivity contribution is -0.145. The quantitative estimate of drug-likeness (QED) is 0.777. The Morgan fingerprint density at radius 2 is 1.83 bits per heavy atom. The third-order valence-electron chi connectivity index (χ3n) is 4.09. The number of piperazine rings is 1. The molecule has 0 radical (unpaired) electrons. The number of benzene rings is 1. The molecule has 7 heteroatoms. The lowest BCUT2D eigenvalue weighted by atomic mass is 10.1. The average Bonchev–Trinajstić information content (AvgIpc) is 2.55. The summed E-state index contributed by atoms with van der Waals surface area (Å²) in [7, 11) is 2.01. The normalized spacial score (nSPS) is 17.2. The van der Waals surface area contributed by atoms with Crippen LogP contribution in [0.15, 0.2) is 24.3 Å². The first-order valence-electron chi connectivity index (χ1n) is 8.17. The molecule has 2 N–H and O–H groups in total. The van der Waals surface area contributed by atoms with Crippen LogP contribution in [0, 0.1) is 0 Å². The number of anilines is 1. The van der Waals surface area contributed by atoms with E-state index in [0.717, 1.165) is 18.8 Å². The van der Waals surface area contributed by atoms with Crippen LogP contribution in [0.1, 0.15) is 13.3 Å². The van der Waals surface area contributed by atoms with Crippen LogP contribution in [0.25, 0.3) is 0 Å². The number of carboxylic acids is 1. The summed E-state index contributed by atoms with van der Waals surface area (Å²) in [6.45, 7) is 5.42. The summed E-state index contributed by atoms with van der Waals surface area (Å²) in [5, 5.41) is 12.2. The number of aliphatic carboxylic acids is 1. The Bertz CT molecular complexity index is 553. The molecule has 1 aliphatic rings. The van der Waals surface area contributed by atoms with Gasteiger partial charge in [-0.15, -0.1) is 0 Å². The molecule has 1 aromatic carbocycles. The first-order valence-corrected chi connectivity index (χ1v) is 8.17. The lowest BCUT2D eigenvalue weighted by Crippen LogP contribution is -2.52. The average molecular weight is 335 g/mol. The molecule has 1 amide bonds. The molecule has 2 rings (SSSR count). The van der Waals surface area contributed by atoms with Crippen molar-refractivity contribution >= 4 is 17.6 Å². The Labute approximate surface area is 142 Å². The van der Waals surface area contributed by atoms with Crippen molar-refractivity contribution in [2.75, 3.05) is 45.2 Å². The summed E-state index contributed by atoms with van der Waals surface area (Å²) in [5.74, 6) is -0.525. The van der Waals surface area contributed by atoms with Gasteiger partial charge in [0, 0.05) is 31.9 Å². The molecule has 0 saturated carbocycles. The SMILES string of the molecule is CCOc1ccc(NC(=O)C[C@H](C(=O)O)N2CCN(C)CC2)cc1. The Morgan fingerprint density at radius 1 is 1.21 bits per heavy atom. The van der Waals surface area contributed by atoms with Crippen molar-refractivity contribution in [1.82, 2.24) is 9.80 Å². The van der Waals surface area contributed by atoms with Gasteiger partial charge in [-0.05, 0) is 38.2 Å². The fourth-order valence-corrected chi connectivity index (χ4v) is 2.69.